The lowest BCUT2D eigenvalue weighted by atomic mass is 10.0. The minimum Gasteiger partial charge on any atom is -0.491 e. The van der Waals surface area contributed by atoms with Crippen LogP contribution in [0.3, 0.4) is 0 Å². The molecule has 1 N–H and O–H groups in total. The van der Waals surface area contributed by atoms with Gasteiger partial charge in [-0.2, -0.15) is 0 Å². The Morgan fingerprint density at radius 2 is 1.35 bits per heavy atom. The number of ether oxygens (including phenoxy) is 3. The first kappa shape index (κ1) is 31.4. The molecule has 0 fully saturated rings. The van der Waals surface area contributed by atoms with E-state index in [2.05, 4.69) is 104 Å². The molecule has 3 aromatic rings. The number of hydrogen-bond acceptors (Lipinski definition) is 4. The standard InChI is InChI=1S/C33H38NO4.CH3.Al.H/c1-4-33(35)34-19-20-36-21-22-37-23-24-38-32-17-13-29(14-18-32)11-15-31-16-12-30(25-27(31)3)10-9-28-7-5-26(2)6-8-28;;;/h5-18,25H,1,4,19-24H2,2-3H3,(H,34,35);1H3;;/b10-9+,15-11+;;;. The van der Waals surface area contributed by atoms with Crippen molar-refractivity contribution in [2.75, 3.05) is 39.6 Å². The summed E-state index contributed by atoms with van der Waals surface area (Å²) in [7, 11) is 0. The van der Waals surface area contributed by atoms with Crippen LogP contribution >= 0.6 is 0 Å². The Bertz CT molecular complexity index is 1220. The predicted molar refractivity (Wildman–Crippen MR) is 169 cm³/mol. The number of benzene rings is 3. The molecule has 3 aromatic carbocycles. The zero-order valence-electron chi connectivity index (χ0n) is 24.2. The van der Waals surface area contributed by atoms with E-state index in [0.717, 1.165) is 16.6 Å². The van der Waals surface area contributed by atoms with E-state index in [4.69, 9.17) is 14.2 Å². The van der Waals surface area contributed by atoms with Gasteiger partial charge < -0.3 is 19.5 Å². The summed E-state index contributed by atoms with van der Waals surface area (Å²) in [6.07, 6.45) is 9.22. The Balaban J connectivity index is 1.31. The molecule has 40 heavy (non-hydrogen) atoms. The summed E-state index contributed by atoms with van der Waals surface area (Å²) in [6.45, 7) is 7.30. The zero-order valence-corrected chi connectivity index (χ0v) is 25.6. The van der Waals surface area contributed by atoms with E-state index in [1.807, 2.05) is 12.1 Å². The molecule has 210 valence electrons. The summed E-state index contributed by atoms with van der Waals surface area (Å²) in [5.74, 6) is 3.16. The first-order chi connectivity index (χ1) is 19.5. The predicted octanol–water partition coefficient (Wildman–Crippen LogP) is 6.47. The number of rotatable bonds is 17. The van der Waals surface area contributed by atoms with Crippen LogP contribution in [0.25, 0.3) is 24.3 Å². The van der Waals surface area contributed by atoms with E-state index in [9.17, 15) is 4.79 Å². The van der Waals surface area contributed by atoms with Crippen LogP contribution in [-0.2, 0) is 14.3 Å². The van der Waals surface area contributed by atoms with Crippen LogP contribution in [0.15, 0.2) is 66.7 Å². The molecule has 0 heterocycles. The highest BCUT2D eigenvalue weighted by atomic mass is 27.1. The van der Waals surface area contributed by atoms with E-state index < -0.39 is 0 Å². The fraction of sp³-hybridized carbons (Fsp3) is 0.324. The topological polar surface area (TPSA) is 56.8 Å². The van der Waals surface area contributed by atoms with Gasteiger partial charge in [0, 0.05) is 13.0 Å². The number of carbonyl (C=O) groups is 1. The Morgan fingerprint density at radius 3 is 2.05 bits per heavy atom. The van der Waals surface area contributed by atoms with Crippen molar-refractivity contribution in [3.05, 3.63) is 100 Å². The third-order valence-electron chi connectivity index (χ3n) is 6.37. The lowest BCUT2D eigenvalue weighted by Gasteiger charge is -2.08. The van der Waals surface area contributed by atoms with E-state index in [-0.39, 0.29) is 21.1 Å². The maximum Gasteiger partial charge on any atom is 0.234 e. The van der Waals surface area contributed by atoms with Gasteiger partial charge in [0.05, 0.1) is 26.4 Å². The van der Waals surface area contributed by atoms with Gasteiger partial charge in [-0.15, -0.1) is 5.79 Å². The molecule has 0 saturated carbocycles. The van der Waals surface area contributed by atoms with E-state index in [1.165, 1.54) is 27.8 Å². The number of amides is 1. The highest BCUT2D eigenvalue weighted by Crippen LogP contribution is 2.18. The minimum absolute atomic E-state index is 0.0405. The lowest BCUT2D eigenvalue weighted by molar-refractivity contribution is -0.121. The molecule has 0 atom stereocenters. The molecular formula is C34H42AlNO4. The molecule has 0 unspecified atom stereocenters. The third-order valence-corrected chi connectivity index (χ3v) is 7.43. The number of hydrogen-bond donors (Lipinski definition) is 1. The van der Waals surface area contributed by atoms with Gasteiger partial charge in [-0.25, -0.2) is 0 Å². The largest absolute Gasteiger partial charge is 0.491 e. The van der Waals surface area contributed by atoms with Gasteiger partial charge >= 0.3 is 0 Å². The van der Waals surface area contributed by atoms with Gasteiger partial charge in [0.1, 0.15) is 12.4 Å². The van der Waals surface area contributed by atoms with Crippen LogP contribution in [0, 0.1) is 13.8 Å². The van der Waals surface area contributed by atoms with Gasteiger partial charge in [-0.3, -0.25) is 4.79 Å². The maximum absolute atomic E-state index is 11.5. The molecule has 5 nitrogen and oxygen atoms in total. The summed E-state index contributed by atoms with van der Waals surface area (Å²) in [5.41, 5.74) is 7.22. The van der Waals surface area contributed by atoms with Crippen LogP contribution in [0.1, 0.15) is 39.8 Å². The Labute approximate surface area is 246 Å². The van der Waals surface area contributed by atoms with E-state index >= 15 is 0 Å². The normalized spacial score (nSPS) is 11.3. The summed E-state index contributed by atoms with van der Waals surface area (Å²) >= 11 is -0.0405. The van der Waals surface area contributed by atoms with Crippen molar-refractivity contribution >= 4 is 45.4 Å². The number of carbonyl (C=O) groups excluding carboxylic acids is 1. The van der Waals surface area contributed by atoms with Crippen molar-refractivity contribution in [1.29, 1.82) is 0 Å². The summed E-state index contributed by atoms with van der Waals surface area (Å²) in [6, 6.07) is 23.1. The van der Waals surface area contributed by atoms with Crippen LogP contribution in [0.2, 0.25) is 11.1 Å². The molecule has 0 aromatic heterocycles. The highest BCUT2D eigenvalue weighted by Gasteiger charge is 2.00. The average molecular weight is 556 g/mol. The van der Waals surface area contributed by atoms with Gasteiger partial charge in [0.25, 0.3) is 0 Å². The fourth-order valence-corrected chi connectivity index (χ4v) is 4.62. The van der Waals surface area contributed by atoms with Gasteiger partial charge in [0.15, 0.2) is 0 Å². The fourth-order valence-electron chi connectivity index (χ4n) is 3.95. The molecule has 0 radical (unpaired) electrons. The molecule has 0 bridgehead atoms. The Hall–Kier alpha value is -3.14. The minimum atomic E-state index is -0.0405. The van der Waals surface area contributed by atoms with Gasteiger partial charge in [0.2, 0.25) is 21.1 Å². The summed E-state index contributed by atoms with van der Waals surface area (Å²) < 4.78 is 16.8. The molecule has 0 saturated heterocycles. The molecule has 0 aliphatic heterocycles. The third kappa shape index (κ3) is 12.4. The summed E-state index contributed by atoms with van der Waals surface area (Å²) in [5, 5.41) is 3.93. The Kier molecular flexibility index (Phi) is 14.3. The molecule has 0 spiro atoms. The van der Waals surface area contributed by atoms with Crippen molar-refractivity contribution in [3.8, 4) is 5.75 Å². The quantitative estimate of drug-likeness (QED) is 0.118. The van der Waals surface area contributed by atoms with Crippen molar-refractivity contribution in [1.82, 2.24) is 5.32 Å². The second-order valence-corrected chi connectivity index (χ2v) is 11.5. The van der Waals surface area contributed by atoms with Crippen LogP contribution < -0.4 is 10.1 Å². The lowest BCUT2D eigenvalue weighted by Crippen LogP contribution is -2.27. The monoisotopic (exact) mass is 555 g/mol. The molecular weight excluding hydrogens is 513 g/mol. The SMILES string of the molecule is [CH3][AlH][CH2]CC(=O)NCCOCCOCCOc1ccc(/C=C/c2ccc(/C=C/c3ccc(C)cc3)cc2C)cc1. The van der Waals surface area contributed by atoms with Gasteiger partial charge in [-0.05, 0) is 53.8 Å². The molecule has 0 aliphatic carbocycles. The van der Waals surface area contributed by atoms with Crippen molar-refractivity contribution < 1.29 is 19.0 Å². The second kappa shape index (κ2) is 18.3. The summed E-state index contributed by atoms with van der Waals surface area (Å²) in [4.78, 5) is 11.5. The molecule has 3 rings (SSSR count). The number of aryl methyl sites for hydroxylation is 2. The second-order valence-electron chi connectivity index (χ2n) is 9.79. The maximum atomic E-state index is 11.5. The van der Waals surface area contributed by atoms with E-state index in [0.29, 0.717) is 46.0 Å². The smallest absolute Gasteiger partial charge is 0.234 e. The van der Waals surface area contributed by atoms with Crippen molar-refractivity contribution in [2.24, 2.45) is 0 Å². The first-order valence-corrected chi connectivity index (χ1v) is 16.6. The van der Waals surface area contributed by atoms with Crippen LogP contribution in [0.5, 0.6) is 5.75 Å². The zero-order chi connectivity index (χ0) is 28.4. The highest BCUT2D eigenvalue weighted by molar-refractivity contribution is 6.33. The van der Waals surface area contributed by atoms with Crippen LogP contribution in [0.4, 0.5) is 0 Å². The van der Waals surface area contributed by atoms with Crippen LogP contribution in [-0.4, -0.2) is 60.7 Å². The van der Waals surface area contributed by atoms with Gasteiger partial charge in [-0.1, -0.05) is 89.7 Å². The molecule has 6 heteroatoms. The number of nitrogens with one attached hydrogen (secondary N) is 1. The van der Waals surface area contributed by atoms with Crippen molar-refractivity contribution in [3.63, 3.8) is 0 Å². The first-order valence-electron chi connectivity index (χ1n) is 14.2. The van der Waals surface area contributed by atoms with Crippen molar-refractivity contribution in [2.45, 2.75) is 31.3 Å². The molecule has 1 amide bonds. The Morgan fingerprint density at radius 1 is 0.750 bits per heavy atom. The molecule has 0 aliphatic rings. The van der Waals surface area contributed by atoms with E-state index in [1.54, 1.807) is 0 Å². The average Bonchev–Trinajstić information content (AvgIpc) is 2.97.